The number of aromatic nitrogens is 7. The number of nitrogen functional groups attached to an aromatic ring is 1. The molecule has 24 heteroatoms. The van der Waals surface area contributed by atoms with Crippen molar-refractivity contribution in [2.75, 3.05) is 96.8 Å². The number of anilines is 2. The maximum Gasteiger partial charge on any atom is 0.415 e. The molecule has 0 bridgehead atoms. The van der Waals surface area contributed by atoms with E-state index in [1.165, 1.54) is 18.5 Å². The third-order valence-corrected chi connectivity index (χ3v) is 14.6. The van der Waals surface area contributed by atoms with Crippen LogP contribution >= 0.6 is 0 Å². The van der Waals surface area contributed by atoms with Gasteiger partial charge >= 0.3 is 6.09 Å². The van der Waals surface area contributed by atoms with Gasteiger partial charge < -0.3 is 50.6 Å². The van der Waals surface area contributed by atoms with Crippen molar-refractivity contribution in [1.82, 2.24) is 59.2 Å². The maximum absolute atomic E-state index is 13.4. The Labute approximate surface area is 466 Å². The van der Waals surface area contributed by atoms with Crippen LogP contribution in [0, 0.1) is 0 Å². The SMILES string of the molecule is CCNC(=O)c1nnc(-c2cc(C(C)C)c(O)cc2O)n1-c1ccc(CN2CCN(C(=O)Oc3ccc(CC(=O)N4CCN(CCCOc5ccc6c7n(c(=NC(=O)c8cnc(N)nc8)nc6c5OC)CCN7)CC4)cc3)CC2)cc1. The zero-order chi connectivity index (χ0) is 56.7. The summed E-state index contributed by atoms with van der Waals surface area (Å²) in [5.41, 5.74) is 9.92. The molecule has 0 atom stereocenters. The van der Waals surface area contributed by atoms with Gasteiger partial charge in [0.25, 0.3) is 11.8 Å². The van der Waals surface area contributed by atoms with Crippen LogP contribution in [0.25, 0.3) is 28.0 Å². The second-order valence-corrected chi connectivity index (χ2v) is 20.2. The van der Waals surface area contributed by atoms with Gasteiger partial charge in [-0.2, -0.15) is 4.99 Å². The van der Waals surface area contributed by atoms with Crippen LogP contribution in [-0.2, 0) is 24.3 Å². The maximum atomic E-state index is 13.4. The number of methoxy groups -OCH3 is 1. The van der Waals surface area contributed by atoms with Crippen LogP contribution in [0.4, 0.5) is 16.6 Å². The molecule has 0 unspecified atom stereocenters. The fourth-order valence-electron chi connectivity index (χ4n) is 10.2. The molecule has 81 heavy (non-hydrogen) atoms. The minimum Gasteiger partial charge on any atom is -0.508 e. The highest BCUT2D eigenvalue weighted by molar-refractivity contribution is 5.97. The lowest BCUT2D eigenvalue weighted by Crippen LogP contribution is -2.49. The van der Waals surface area contributed by atoms with Gasteiger partial charge in [0.2, 0.25) is 23.3 Å². The van der Waals surface area contributed by atoms with E-state index in [-0.39, 0.29) is 58.5 Å². The minimum absolute atomic E-state index is 0.0311. The van der Waals surface area contributed by atoms with Crippen molar-refractivity contribution in [3.05, 3.63) is 119 Å². The number of rotatable bonds is 17. The molecular formula is C57H65N15O9. The lowest BCUT2D eigenvalue weighted by atomic mass is 9.98. The minimum atomic E-state index is -0.550. The molecule has 0 aliphatic carbocycles. The number of phenolic OH excluding ortho intramolecular Hbond substituents is 2. The normalized spacial score (nSPS) is 15.0. The van der Waals surface area contributed by atoms with Gasteiger partial charge in [-0.1, -0.05) is 38.1 Å². The first-order valence-corrected chi connectivity index (χ1v) is 27.1. The molecule has 3 aliphatic rings. The average Bonchev–Trinajstić information content (AvgIpc) is 4.33. The molecule has 4 aromatic carbocycles. The van der Waals surface area contributed by atoms with Crippen LogP contribution in [0.3, 0.4) is 0 Å². The van der Waals surface area contributed by atoms with Crippen molar-refractivity contribution in [1.29, 1.82) is 0 Å². The summed E-state index contributed by atoms with van der Waals surface area (Å²) < 4.78 is 21.3. The predicted octanol–water partition coefficient (Wildman–Crippen LogP) is 4.59. The summed E-state index contributed by atoms with van der Waals surface area (Å²) in [6.07, 6.45) is 3.20. The number of piperazine rings is 2. The number of aromatic hydroxyl groups is 2. The van der Waals surface area contributed by atoms with E-state index in [2.05, 4.69) is 45.6 Å². The second kappa shape index (κ2) is 24.5. The standard InChI is InChI=1S/C57H65N15O9/c1-5-59-54(77)52-66-65-51(43-30-42(35(2)3)44(73)31-45(43)74)72(52)39-11-7-37(8-12-39)34-68-22-26-70(27-23-68)57(78)81-40-13-9-36(10-14-40)29-47(75)69-24-20-67(21-25-69)18-6-28-80-46-16-15-41-48(49(46)79-4)63-56(71-19-17-60-50(41)71)64-53(76)38-32-61-55(58)62-33-38/h7-16,30-33,35,60,73-74H,5-6,17-29,34H2,1-4H3,(H,59,77)(H2,58,61,62). The fraction of sp³-hybridized carbons (Fsp3) is 0.368. The number of fused-ring (bicyclic) bond motifs is 3. The van der Waals surface area contributed by atoms with Gasteiger partial charge in [0.1, 0.15) is 28.6 Å². The first-order chi connectivity index (χ1) is 39.2. The lowest BCUT2D eigenvalue weighted by molar-refractivity contribution is -0.132. The summed E-state index contributed by atoms with van der Waals surface area (Å²) in [5, 5.41) is 36.9. The third-order valence-electron chi connectivity index (χ3n) is 14.6. The Morgan fingerprint density at radius 3 is 2.23 bits per heavy atom. The first-order valence-electron chi connectivity index (χ1n) is 27.1. The molecule has 0 radical (unpaired) electrons. The molecule has 10 rings (SSSR count). The molecule has 0 saturated carbocycles. The molecule has 4 amide bonds. The van der Waals surface area contributed by atoms with Crippen molar-refractivity contribution in [2.45, 2.75) is 52.6 Å². The number of ether oxygens (including phenoxy) is 3. The molecule has 422 valence electrons. The topological polar surface area (TPSA) is 286 Å². The quantitative estimate of drug-likeness (QED) is 0.0780. The summed E-state index contributed by atoms with van der Waals surface area (Å²) in [4.78, 5) is 77.8. The molecule has 24 nitrogen and oxygen atoms in total. The van der Waals surface area contributed by atoms with Crippen LogP contribution in [0.2, 0.25) is 0 Å². The number of phenols is 2. The molecule has 3 aliphatic heterocycles. The van der Waals surface area contributed by atoms with Crippen molar-refractivity contribution in [3.63, 3.8) is 0 Å². The highest BCUT2D eigenvalue weighted by Crippen LogP contribution is 2.39. The van der Waals surface area contributed by atoms with Crippen molar-refractivity contribution in [3.8, 4) is 45.8 Å². The van der Waals surface area contributed by atoms with E-state index in [0.717, 1.165) is 48.4 Å². The smallest absolute Gasteiger partial charge is 0.415 e. The van der Waals surface area contributed by atoms with E-state index in [4.69, 9.17) is 24.9 Å². The van der Waals surface area contributed by atoms with E-state index in [9.17, 15) is 29.4 Å². The highest BCUT2D eigenvalue weighted by atomic mass is 16.6. The second-order valence-electron chi connectivity index (χ2n) is 20.2. The lowest BCUT2D eigenvalue weighted by Gasteiger charge is -2.34. The number of nitrogens with zero attached hydrogens (tertiary/aromatic N) is 12. The number of hydrogen-bond donors (Lipinski definition) is 5. The van der Waals surface area contributed by atoms with Crippen LogP contribution in [0.5, 0.6) is 28.7 Å². The van der Waals surface area contributed by atoms with E-state index in [1.54, 1.807) is 34.8 Å². The number of benzene rings is 4. The number of carbonyl (C=O) groups excluding carboxylic acids is 4. The number of nitrogens with one attached hydrogen (secondary N) is 2. The summed E-state index contributed by atoms with van der Waals surface area (Å²) in [7, 11) is 1.55. The number of amides is 4. The molecule has 6 N–H and O–H groups in total. The van der Waals surface area contributed by atoms with Crippen LogP contribution in [-0.4, -0.2) is 174 Å². The van der Waals surface area contributed by atoms with E-state index < -0.39 is 17.9 Å². The van der Waals surface area contributed by atoms with E-state index in [1.807, 2.05) is 78.8 Å². The number of hydrogen-bond acceptors (Lipinski definition) is 18. The predicted molar refractivity (Wildman–Crippen MR) is 299 cm³/mol. The van der Waals surface area contributed by atoms with Crippen molar-refractivity contribution in [2.24, 2.45) is 4.99 Å². The van der Waals surface area contributed by atoms with Gasteiger partial charge in [0.05, 0.1) is 31.3 Å². The zero-order valence-electron chi connectivity index (χ0n) is 45.7. The summed E-state index contributed by atoms with van der Waals surface area (Å²) in [6.45, 7) is 14.0. The van der Waals surface area contributed by atoms with Gasteiger partial charge in [-0.05, 0) is 78.4 Å². The van der Waals surface area contributed by atoms with Crippen LogP contribution < -0.4 is 36.2 Å². The third kappa shape index (κ3) is 12.4. The Balaban J connectivity index is 0.658. The highest BCUT2D eigenvalue weighted by Gasteiger charge is 2.28. The summed E-state index contributed by atoms with van der Waals surface area (Å²) in [5.74, 6) is 1.31. The largest absolute Gasteiger partial charge is 0.508 e. The summed E-state index contributed by atoms with van der Waals surface area (Å²) >= 11 is 0. The molecular weight excluding hydrogens is 1040 g/mol. The average molecular weight is 1100 g/mol. The Morgan fingerprint density at radius 2 is 1.53 bits per heavy atom. The fourth-order valence-corrected chi connectivity index (χ4v) is 10.2. The van der Waals surface area contributed by atoms with E-state index in [0.29, 0.717) is 112 Å². The van der Waals surface area contributed by atoms with Gasteiger partial charge in [-0.25, -0.2) is 19.7 Å². The van der Waals surface area contributed by atoms with Gasteiger partial charge in [0.15, 0.2) is 17.3 Å². The zero-order valence-corrected chi connectivity index (χ0v) is 45.7. The van der Waals surface area contributed by atoms with Crippen LogP contribution in [0.1, 0.15) is 70.8 Å². The van der Waals surface area contributed by atoms with Crippen LogP contribution in [0.15, 0.2) is 90.2 Å². The molecule has 2 fully saturated rings. The van der Waals surface area contributed by atoms with Crippen molar-refractivity contribution >= 4 is 46.5 Å². The van der Waals surface area contributed by atoms with Gasteiger partial charge in [-0.3, -0.25) is 33.3 Å². The van der Waals surface area contributed by atoms with E-state index >= 15 is 0 Å². The van der Waals surface area contributed by atoms with Gasteiger partial charge in [-0.15, -0.1) is 10.2 Å². The Morgan fingerprint density at radius 1 is 0.827 bits per heavy atom. The molecule has 7 aromatic rings. The Bertz CT molecular complexity index is 3520. The number of nitrogens with two attached hydrogens (primary N) is 1. The first kappa shape index (κ1) is 55.2. The Hall–Kier alpha value is -9.16. The molecule has 3 aromatic heterocycles. The van der Waals surface area contributed by atoms with Crippen molar-refractivity contribution < 1.29 is 43.6 Å². The molecule has 2 saturated heterocycles. The number of carbonyl (C=O) groups is 4. The monoisotopic (exact) mass is 1100 g/mol. The molecule has 6 heterocycles. The van der Waals surface area contributed by atoms with Gasteiger partial charge in [0, 0.05) is 115 Å². The molecule has 0 spiro atoms. The Kier molecular flexibility index (Phi) is 16.7. The summed E-state index contributed by atoms with van der Waals surface area (Å²) in [6, 6.07) is 21.5.